The average molecular weight is 601 g/mol. The number of benzene rings is 2. The number of carbonyl (C=O) groups excluding carboxylic acids is 1. The van der Waals surface area contributed by atoms with Gasteiger partial charge in [0.05, 0.1) is 24.5 Å². The van der Waals surface area contributed by atoms with Crippen LogP contribution < -0.4 is 14.4 Å². The normalized spacial score (nSPS) is 33.9. The molecule has 6 rings (SSSR count). The first kappa shape index (κ1) is 28.8. The maximum Gasteiger partial charge on any atom is 0.262 e. The standard InChI is InChI=1S/C32H41ClN2O5S/c1-41(39)15-4-2-3-14-32(38,20-36)27-10-7-24(27)18-35-19-31(13-5-6-22-16-25(33)9-11-26(22)31)21-40-29-12-8-23(17-28(29)35)30(37)34-41/h8-9,11-12,16-17,24,27,36,38H,1-7,10,13-15,18-21H2,(H,34,37,39)/t24-,27+,31-,32+,41?/m0/s1. The summed E-state index contributed by atoms with van der Waals surface area (Å²) in [4.78, 5) is 15.6. The van der Waals surface area contributed by atoms with Gasteiger partial charge in [-0.2, -0.15) is 0 Å². The van der Waals surface area contributed by atoms with Gasteiger partial charge in [-0.15, -0.1) is 0 Å². The molecular weight excluding hydrogens is 560 g/mol. The molecule has 0 saturated heterocycles. The van der Waals surface area contributed by atoms with E-state index in [9.17, 15) is 19.2 Å². The van der Waals surface area contributed by atoms with Crippen LogP contribution in [0.25, 0.3) is 0 Å². The molecular formula is C32H41ClN2O5S. The molecule has 3 N–H and O–H groups in total. The van der Waals surface area contributed by atoms with E-state index >= 15 is 0 Å². The highest BCUT2D eigenvalue weighted by atomic mass is 35.5. The number of fused-ring (bicyclic) bond motifs is 4. The summed E-state index contributed by atoms with van der Waals surface area (Å²) in [5.41, 5.74) is 2.38. The zero-order valence-electron chi connectivity index (χ0n) is 23.6. The van der Waals surface area contributed by atoms with E-state index in [-0.39, 0.29) is 29.6 Å². The maximum atomic E-state index is 13.3. The number of aliphatic hydroxyl groups is 2. The van der Waals surface area contributed by atoms with Gasteiger partial charge >= 0.3 is 0 Å². The largest absolute Gasteiger partial charge is 0.490 e. The van der Waals surface area contributed by atoms with Crippen LogP contribution in [0.15, 0.2) is 36.4 Å². The Morgan fingerprint density at radius 3 is 2.76 bits per heavy atom. The Morgan fingerprint density at radius 2 is 1.98 bits per heavy atom. The summed E-state index contributed by atoms with van der Waals surface area (Å²) in [7, 11) is -2.82. The minimum atomic E-state index is -2.82. The number of hydrogen-bond donors (Lipinski definition) is 3. The van der Waals surface area contributed by atoms with E-state index in [4.69, 9.17) is 16.3 Å². The summed E-state index contributed by atoms with van der Waals surface area (Å²) in [6.45, 7) is 1.63. The van der Waals surface area contributed by atoms with Crippen molar-refractivity contribution in [3.63, 3.8) is 0 Å². The van der Waals surface area contributed by atoms with E-state index in [2.05, 4.69) is 27.6 Å². The van der Waals surface area contributed by atoms with E-state index < -0.39 is 21.2 Å². The number of rotatable bonds is 1. The third kappa shape index (κ3) is 5.61. The Kier molecular flexibility index (Phi) is 7.81. The molecule has 2 aliphatic carbocycles. The number of ether oxygens (including phenoxy) is 1. The summed E-state index contributed by atoms with van der Waals surface area (Å²) < 4.78 is 22.4. The van der Waals surface area contributed by atoms with Gasteiger partial charge < -0.3 is 19.8 Å². The van der Waals surface area contributed by atoms with Crippen LogP contribution in [0.4, 0.5) is 5.69 Å². The van der Waals surface area contributed by atoms with Gasteiger partial charge in [-0.25, -0.2) is 4.21 Å². The van der Waals surface area contributed by atoms with Crippen LogP contribution in [0.2, 0.25) is 5.02 Å². The highest BCUT2D eigenvalue weighted by Crippen LogP contribution is 2.48. The molecule has 1 fully saturated rings. The second kappa shape index (κ2) is 11.1. The summed E-state index contributed by atoms with van der Waals surface area (Å²) in [6, 6.07) is 11.6. The van der Waals surface area contributed by atoms with Crippen LogP contribution in [-0.4, -0.2) is 63.9 Å². The smallest absolute Gasteiger partial charge is 0.262 e. The predicted molar refractivity (Wildman–Crippen MR) is 165 cm³/mol. The SMILES string of the molecule is C=S1(=O)CCCCC[C@@](O)(CO)[C@@H]2CC[C@H]2CN2C[C@@]3(CCCc4cc(Cl)ccc43)COc3ccc(cc32)C(=O)N1. The molecule has 4 aliphatic rings. The lowest BCUT2D eigenvalue weighted by Gasteiger charge is -2.49. The third-order valence-electron chi connectivity index (χ3n) is 10.00. The minimum Gasteiger partial charge on any atom is -0.490 e. The second-order valence-corrected chi connectivity index (χ2v) is 15.4. The number of aliphatic hydroxyl groups excluding tert-OH is 1. The lowest BCUT2D eigenvalue weighted by molar-refractivity contribution is -0.117. The highest BCUT2D eigenvalue weighted by Gasteiger charge is 2.48. The minimum absolute atomic E-state index is 0.00928. The first-order valence-electron chi connectivity index (χ1n) is 14.9. The summed E-state index contributed by atoms with van der Waals surface area (Å²) in [5.74, 6) is 4.60. The van der Waals surface area contributed by atoms with Crippen molar-refractivity contribution in [3.05, 3.63) is 58.1 Å². The number of anilines is 1. The maximum absolute atomic E-state index is 13.3. The zero-order chi connectivity index (χ0) is 28.8. The molecule has 2 heterocycles. The quantitative estimate of drug-likeness (QED) is 0.417. The Morgan fingerprint density at radius 1 is 1.12 bits per heavy atom. The van der Waals surface area contributed by atoms with Gasteiger partial charge in [-0.3, -0.25) is 9.52 Å². The molecule has 2 aliphatic heterocycles. The van der Waals surface area contributed by atoms with E-state index in [0.717, 1.165) is 49.2 Å². The van der Waals surface area contributed by atoms with Gasteiger partial charge in [0.25, 0.3) is 5.91 Å². The molecule has 0 radical (unpaired) electrons. The van der Waals surface area contributed by atoms with E-state index in [1.807, 2.05) is 18.2 Å². The zero-order valence-corrected chi connectivity index (χ0v) is 25.2. The molecule has 7 nitrogen and oxygen atoms in total. The molecule has 2 aromatic carbocycles. The Balaban J connectivity index is 1.42. The fraction of sp³-hybridized carbons (Fsp3) is 0.562. The molecule has 2 aromatic rings. The topological polar surface area (TPSA) is 99.1 Å². The van der Waals surface area contributed by atoms with Crippen LogP contribution in [0.3, 0.4) is 0 Å². The highest BCUT2D eigenvalue weighted by molar-refractivity contribution is 7.99. The molecule has 2 bridgehead atoms. The summed E-state index contributed by atoms with van der Waals surface area (Å²) in [6.07, 6.45) is 7.41. The molecule has 1 spiro atoms. The van der Waals surface area contributed by atoms with Crippen molar-refractivity contribution in [1.82, 2.24) is 4.72 Å². The van der Waals surface area contributed by atoms with Crippen molar-refractivity contribution in [1.29, 1.82) is 0 Å². The number of nitrogens with one attached hydrogen (secondary N) is 1. The van der Waals surface area contributed by atoms with Gasteiger partial charge in [0.1, 0.15) is 5.75 Å². The van der Waals surface area contributed by atoms with Crippen LogP contribution in [-0.2, 0) is 21.5 Å². The molecule has 1 unspecified atom stereocenters. The lowest BCUT2D eigenvalue weighted by Crippen LogP contribution is -2.54. The number of aryl methyl sites for hydroxylation is 1. The van der Waals surface area contributed by atoms with Crippen LogP contribution in [0.5, 0.6) is 5.75 Å². The van der Waals surface area contributed by atoms with E-state index in [1.54, 1.807) is 6.07 Å². The lowest BCUT2D eigenvalue weighted by atomic mass is 9.63. The first-order chi connectivity index (χ1) is 19.6. The summed E-state index contributed by atoms with van der Waals surface area (Å²) in [5, 5.41) is 22.7. The molecule has 1 saturated carbocycles. The number of halogens is 1. The average Bonchev–Trinajstić information content (AvgIpc) is 3.07. The van der Waals surface area contributed by atoms with Gasteiger partial charge in [0.2, 0.25) is 0 Å². The van der Waals surface area contributed by atoms with Crippen molar-refractivity contribution < 1.29 is 24.0 Å². The van der Waals surface area contributed by atoms with Crippen molar-refractivity contribution in [2.24, 2.45) is 11.8 Å². The van der Waals surface area contributed by atoms with Gasteiger partial charge in [0, 0.05) is 44.6 Å². The van der Waals surface area contributed by atoms with Gasteiger partial charge in [-0.05, 0) is 104 Å². The van der Waals surface area contributed by atoms with Gasteiger partial charge in [-0.1, -0.05) is 30.5 Å². The fourth-order valence-corrected chi connectivity index (χ4v) is 9.06. The molecule has 222 valence electrons. The molecule has 5 atom stereocenters. The predicted octanol–water partition coefficient (Wildman–Crippen LogP) is 4.50. The van der Waals surface area contributed by atoms with Crippen molar-refractivity contribution >= 4 is 38.8 Å². The molecule has 41 heavy (non-hydrogen) atoms. The molecule has 0 aromatic heterocycles. The Hall–Kier alpha value is -2.26. The van der Waals surface area contributed by atoms with Crippen LogP contribution >= 0.6 is 11.6 Å². The number of hydrogen-bond acceptors (Lipinski definition) is 6. The van der Waals surface area contributed by atoms with E-state index in [1.165, 1.54) is 11.1 Å². The third-order valence-corrected chi connectivity index (χ3v) is 11.7. The number of amides is 1. The molecule has 1 amide bonds. The van der Waals surface area contributed by atoms with Crippen molar-refractivity contribution in [2.45, 2.75) is 68.8 Å². The fourth-order valence-electron chi connectivity index (χ4n) is 7.64. The van der Waals surface area contributed by atoms with Gasteiger partial charge in [0.15, 0.2) is 0 Å². The Labute approximate surface area is 248 Å². The monoisotopic (exact) mass is 600 g/mol. The van der Waals surface area contributed by atoms with Crippen LogP contribution in [0, 0.1) is 11.8 Å². The van der Waals surface area contributed by atoms with Crippen LogP contribution in [0.1, 0.15) is 72.9 Å². The number of carbonyl (C=O) groups is 1. The second-order valence-electron chi connectivity index (χ2n) is 12.8. The van der Waals surface area contributed by atoms with Crippen molar-refractivity contribution in [3.8, 4) is 5.75 Å². The molecule has 9 heteroatoms. The number of nitrogens with zero attached hydrogens (tertiary/aromatic N) is 1. The first-order valence-corrected chi connectivity index (χ1v) is 17.2. The Bertz CT molecular complexity index is 1430. The van der Waals surface area contributed by atoms with Crippen molar-refractivity contribution in [2.75, 3.05) is 37.0 Å². The summed E-state index contributed by atoms with van der Waals surface area (Å²) >= 11 is 6.39. The van der Waals surface area contributed by atoms with E-state index in [0.29, 0.717) is 50.3 Å².